The first-order valence-corrected chi connectivity index (χ1v) is 10.7. The number of halogens is 4. The van der Waals surface area contributed by atoms with E-state index in [2.05, 4.69) is 35.8 Å². The number of aromatic amines is 1. The third kappa shape index (κ3) is 5.05. The van der Waals surface area contributed by atoms with Crippen molar-refractivity contribution in [1.29, 1.82) is 0 Å². The molecule has 4 N–H and O–H groups in total. The fourth-order valence-electron chi connectivity index (χ4n) is 3.94. The molecule has 4 aromatic rings. The Kier molecular flexibility index (Phi) is 5.91. The fraction of sp³-hybridized carbons (Fsp3) is 0.286. The number of nitrogens with one attached hydrogen (secondary N) is 3. The molecule has 1 aliphatic rings. The number of hydrogen-bond acceptors (Lipinski definition) is 8. The third-order valence-corrected chi connectivity index (χ3v) is 5.47. The predicted octanol–water partition coefficient (Wildman–Crippen LogP) is 2.41. The van der Waals surface area contributed by atoms with Gasteiger partial charge in [-0.3, -0.25) is 14.3 Å². The Labute approximate surface area is 200 Å². The second-order valence-electron chi connectivity index (χ2n) is 8.20. The van der Waals surface area contributed by atoms with Crippen LogP contribution in [0.3, 0.4) is 0 Å². The molecule has 36 heavy (non-hydrogen) atoms. The quantitative estimate of drug-likeness (QED) is 0.232. The summed E-state index contributed by atoms with van der Waals surface area (Å²) in [5, 5.41) is 22.0. The van der Waals surface area contributed by atoms with E-state index in [-0.39, 0.29) is 42.1 Å². The number of aliphatic hydroxyl groups excluding tert-OH is 1. The Bertz CT molecular complexity index is 1390. The maximum atomic E-state index is 13.1. The monoisotopic (exact) mass is 505 g/mol. The van der Waals surface area contributed by atoms with E-state index in [0.717, 1.165) is 6.07 Å². The predicted molar refractivity (Wildman–Crippen MR) is 119 cm³/mol. The number of amides is 1. The molecule has 1 fully saturated rings. The van der Waals surface area contributed by atoms with E-state index in [1.807, 2.05) is 0 Å². The number of hydrogen-bond donors (Lipinski definition) is 4. The Morgan fingerprint density at radius 2 is 2.08 bits per heavy atom. The van der Waals surface area contributed by atoms with Gasteiger partial charge in [0.25, 0.3) is 0 Å². The zero-order valence-electron chi connectivity index (χ0n) is 18.4. The Hall–Kier alpha value is -4.27. The first-order chi connectivity index (χ1) is 17.1. The normalized spacial score (nSPS) is 18.1. The minimum absolute atomic E-state index is 0.0637. The summed E-state index contributed by atoms with van der Waals surface area (Å²) in [5.74, 6) is -0.759. The molecule has 11 nitrogen and oxygen atoms in total. The Morgan fingerprint density at radius 3 is 2.83 bits per heavy atom. The van der Waals surface area contributed by atoms with Crippen molar-refractivity contribution >= 4 is 35.0 Å². The number of alkyl halides is 3. The molecule has 0 spiro atoms. The number of pyridine rings is 1. The zero-order chi connectivity index (χ0) is 25.4. The number of β-amino-alcohol motifs (C(OH)–C–C–N with tert-alkyl or cyclic N) is 1. The second-order valence-corrected chi connectivity index (χ2v) is 8.20. The molecular formula is C21H19F4N9O2. The van der Waals surface area contributed by atoms with Gasteiger partial charge < -0.3 is 20.6 Å². The van der Waals surface area contributed by atoms with Crippen molar-refractivity contribution in [2.45, 2.75) is 31.2 Å². The molecule has 4 aromatic heterocycles. The van der Waals surface area contributed by atoms with Gasteiger partial charge in [-0.25, -0.2) is 4.98 Å². The molecule has 0 radical (unpaired) electrons. The first-order valence-electron chi connectivity index (χ1n) is 10.7. The standard InChI is InChI=1S/C21H19F4N9O2/c22-15-4-3-11(9-26-15)27-18(36)14-7-13(35)10-34(14)20-29-17-2-1-5-33(17)19(30-20)28-16-6-12(31-32-16)8-21(23,24)25/h1-6,9,13-14,35H,7-8,10H2,(H,27,36)(H2,28,29,30,31,32)/t13-,14-/m0/s1. The molecule has 1 amide bonds. The van der Waals surface area contributed by atoms with E-state index in [9.17, 15) is 27.5 Å². The topological polar surface area (TPSA) is 136 Å². The van der Waals surface area contributed by atoms with Crippen LogP contribution in [0.1, 0.15) is 12.1 Å². The summed E-state index contributed by atoms with van der Waals surface area (Å²) in [4.78, 5) is 26.9. The highest BCUT2D eigenvalue weighted by Gasteiger charge is 2.38. The highest BCUT2D eigenvalue weighted by molar-refractivity contribution is 5.97. The van der Waals surface area contributed by atoms with Crippen LogP contribution >= 0.6 is 0 Å². The van der Waals surface area contributed by atoms with Crippen LogP contribution in [0.5, 0.6) is 0 Å². The number of carbonyl (C=O) groups is 1. The van der Waals surface area contributed by atoms with Gasteiger partial charge in [0.05, 0.1) is 24.4 Å². The van der Waals surface area contributed by atoms with E-state index in [0.29, 0.717) is 5.65 Å². The lowest BCUT2D eigenvalue weighted by Crippen LogP contribution is -2.40. The maximum absolute atomic E-state index is 13.1. The fourth-order valence-corrected chi connectivity index (χ4v) is 3.94. The second kappa shape index (κ2) is 9.07. The lowest BCUT2D eigenvalue weighted by molar-refractivity contribution is -0.127. The van der Waals surface area contributed by atoms with Gasteiger partial charge >= 0.3 is 6.18 Å². The van der Waals surface area contributed by atoms with Crippen molar-refractivity contribution < 1.29 is 27.5 Å². The van der Waals surface area contributed by atoms with Crippen LogP contribution in [0.4, 0.5) is 41.0 Å². The summed E-state index contributed by atoms with van der Waals surface area (Å²) in [7, 11) is 0. The number of anilines is 4. The van der Waals surface area contributed by atoms with Gasteiger partial charge in [-0.05, 0) is 24.3 Å². The molecule has 0 saturated carbocycles. The molecule has 0 aliphatic carbocycles. The molecule has 15 heteroatoms. The Balaban J connectivity index is 1.42. The van der Waals surface area contributed by atoms with Crippen LogP contribution in [0.2, 0.25) is 0 Å². The number of aromatic nitrogens is 6. The van der Waals surface area contributed by atoms with Crippen LogP contribution < -0.4 is 15.5 Å². The number of nitrogens with zero attached hydrogens (tertiary/aromatic N) is 6. The van der Waals surface area contributed by atoms with Gasteiger partial charge in [0, 0.05) is 30.9 Å². The summed E-state index contributed by atoms with van der Waals surface area (Å²) < 4.78 is 52.7. The van der Waals surface area contributed by atoms with E-state index in [1.165, 1.54) is 23.2 Å². The molecular weight excluding hydrogens is 486 g/mol. The molecule has 0 bridgehead atoms. The lowest BCUT2D eigenvalue weighted by Gasteiger charge is -2.24. The number of rotatable bonds is 6. The molecule has 1 saturated heterocycles. The average Bonchev–Trinajstić information content (AvgIpc) is 3.54. The smallest absolute Gasteiger partial charge is 0.391 e. The van der Waals surface area contributed by atoms with Crippen molar-refractivity contribution in [3.8, 4) is 0 Å². The van der Waals surface area contributed by atoms with Crippen LogP contribution in [-0.4, -0.2) is 65.4 Å². The van der Waals surface area contributed by atoms with Crippen molar-refractivity contribution in [3.05, 3.63) is 54.4 Å². The van der Waals surface area contributed by atoms with E-state index < -0.39 is 36.6 Å². The highest BCUT2D eigenvalue weighted by atomic mass is 19.4. The molecule has 2 atom stereocenters. The van der Waals surface area contributed by atoms with E-state index in [4.69, 9.17) is 0 Å². The van der Waals surface area contributed by atoms with Gasteiger partial charge in [0.15, 0.2) is 5.82 Å². The van der Waals surface area contributed by atoms with Crippen molar-refractivity contribution in [3.63, 3.8) is 0 Å². The van der Waals surface area contributed by atoms with Gasteiger partial charge in [-0.1, -0.05) is 0 Å². The number of aliphatic hydroxyl groups is 1. The number of fused-ring (bicyclic) bond motifs is 1. The highest BCUT2D eigenvalue weighted by Crippen LogP contribution is 2.27. The van der Waals surface area contributed by atoms with E-state index >= 15 is 0 Å². The maximum Gasteiger partial charge on any atom is 0.394 e. The summed E-state index contributed by atoms with van der Waals surface area (Å²) in [6.45, 7) is 0.0637. The molecule has 0 aromatic carbocycles. The SMILES string of the molecule is O=C(Nc1ccc(F)nc1)[C@@H]1C[C@H](O)CN1c1nc(Nc2cc(CC(F)(F)F)[nH]n2)n2cccc2n1. The van der Waals surface area contributed by atoms with Crippen LogP contribution in [-0.2, 0) is 11.2 Å². The van der Waals surface area contributed by atoms with Gasteiger partial charge in [-0.15, -0.1) is 0 Å². The van der Waals surface area contributed by atoms with Crippen molar-refractivity contribution in [2.75, 3.05) is 22.1 Å². The third-order valence-electron chi connectivity index (χ3n) is 5.47. The van der Waals surface area contributed by atoms with Crippen LogP contribution in [0, 0.1) is 5.95 Å². The molecule has 0 unspecified atom stereocenters. The largest absolute Gasteiger partial charge is 0.394 e. The van der Waals surface area contributed by atoms with E-state index in [1.54, 1.807) is 22.7 Å². The summed E-state index contributed by atoms with van der Waals surface area (Å²) >= 11 is 0. The minimum atomic E-state index is -4.39. The summed E-state index contributed by atoms with van der Waals surface area (Å²) in [6, 6.07) is 6.22. The van der Waals surface area contributed by atoms with Gasteiger partial charge in [0.2, 0.25) is 23.8 Å². The molecule has 5 rings (SSSR count). The summed E-state index contributed by atoms with van der Waals surface area (Å²) in [6.07, 6.45) is -3.48. The van der Waals surface area contributed by atoms with Gasteiger partial charge in [-0.2, -0.15) is 32.6 Å². The average molecular weight is 505 g/mol. The molecule has 5 heterocycles. The number of carbonyl (C=O) groups excluding carboxylic acids is 1. The van der Waals surface area contributed by atoms with Crippen molar-refractivity contribution in [1.82, 2.24) is 29.5 Å². The van der Waals surface area contributed by atoms with Crippen LogP contribution in [0.25, 0.3) is 5.65 Å². The number of H-pyrrole nitrogens is 1. The molecule has 1 aliphatic heterocycles. The van der Waals surface area contributed by atoms with Crippen molar-refractivity contribution in [2.24, 2.45) is 0 Å². The first kappa shape index (κ1) is 23.5. The molecule has 188 valence electrons. The zero-order valence-corrected chi connectivity index (χ0v) is 18.4. The Morgan fingerprint density at radius 1 is 1.25 bits per heavy atom. The lowest BCUT2D eigenvalue weighted by atomic mass is 10.2. The van der Waals surface area contributed by atoms with Crippen LogP contribution in [0.15, 0.2) is 42.7 Å². The minimum Gasteiger partial charge on any atom is -0.391 e. The van der Waals surface area contributed by atoms with Gasteiger partial charge in [0.1, 0.15) is 11.7 Å². The summed E-state index contributed by atoms with van der Waals surface area (Å²) in [5.41, 5.74) is 0.593.